The number of aryl methyl sites for hydroxylation is 1. The summed E-state index contributed by atoms with van der Waals surface area (Å²) in [5.41, 5.74) is 7.89. The van der Waals surface area contributed by atoms with E-state index in [2.05, 4.69) is 0 Å². The molecule has 1 aliphatic carbocycles. The van der Waals surface area contributed by atoms with Crippen LogP contribution in [0.25, 0.3) is 0 Å². The number of aromatic hydroxyl groups is 1. The SMILES string of the molecule is CC(C)c1c(O)cc2c(c1F)CC[C@H](CCN)CC2. The van der Waals surface area contributed by atoms with Crippen LogP contribution in [-0.2, 0) is 12.8 Å². The van der Waals surface area contributed by atoms with Gasteiger partial charge >= 0.3 is 0 Å². The van der Waals surface area contributed by atoms with E-state index < -0.39 is 0 Å². The van der Waals surface area contributed by atoms with Crippen LogP contribution >= 0.6 is 0 Å². The van der Waals surface area contributed by atoms with Crippen molar-refractivity contribution in [2.75, 3.05) is 6.54 Å². The molecule has 0 fully saturated rings. The van der Waals surface area contributed by atoms with E-state index in [1.165, 1.54) is 0 Å². The summed E-state index contributed by atoms with van der Waals surface area (Å²) in [5.74, 6) is 0.525. The van der Waals surface area contributed by atoms with Crippen molar-refractivity contribution in [2.24, 2.45) is 11.7 Å². The fourth-order valence-electron chi connectivity index (χ4n) is 3.17. The Labute approximate surface area is 114 Å². The number of benzene rings is 1. The lowest BCUT2D eigenvalue weighted by molar-refractivity contribution is 0.436. The zero-order valence-electron chi connectivity index (χ0n) is 11.9. The highest BCUT2D eigenvalue weighted by atomic mass is 19.1. The van der Waals surface area contributed by atoms with Crippen LogP contribution in [0.5, 0.6) is 5.75 Å². The van der Waals surface area contributed by atoms with Crippen molar-refractivity contribution >= 4 is 0 Å². The molecule has 1 aliphatic rings. The first-order valence-electron chi connectivity index (χ1n) is 7.27. The van der Waals surface area contributed by atoms with Gasteiger partial charge in [0, 0.05) is 5.56 Å². The quantitative estimate of drug-likeness (QED) is 0.822. The van der Waals surface area contributed by atoms with Gasteiger partial charge in [0.1, 0.15) is 11.6 Å². The van der Waals surface area contributed by atoms with Crippen LogP contribution in [-0.4, -0.2) is 11.7 Å². The van der Waals surface area contributed by atoms with E-state index in [-0.39, 0.29) is 17.5 Å². The van der Waals surface area contributed by atoms with Crippen molar-refractivity contribution in [2.45, 2.75) is 51.9 Å². The first-order chi connectivity index (χ1) is 9.04. The molecule has 19 heavy (non-hydrogen) atoms. The Hall–Kier alpha value is -1.09. The van der Waals surface area contributed by atoms with Gasteiger partial charge in [0.05, 0.1) is 0 Å². The second kappa shape index (κ2) is 5.91. The Bertz CT molecular complexity index is 457. The number of rotatable bonds is 3. The Balaban J connectivity index is 2.34. The predicted octanol–water partition coefficient (Wildman–Crippen LogP) is 3.50. The lowest BCUT2D eigenvalue weighted by Crippen LogP contribution is -2.09. The third kappa shape index (κ3) is 2.92. The van der Waals surface area contributed by atoms with E-state index in [9.17, 15) is 9.50 Å². The van der Waals surface area contributed by atoms with Crippen molar-refractivity contribution in [1.82, 2.24) is 0 Å². The Morgan fingerprint density at radius 2 is 2.05 bits per heavy atom. The molecule has 3 N–H and O–H groups in total. The second-order valence-electron chi connectivity index (χ2n) is 5.94. The minimum Gasteiger partial charge on any atom is -0.508 e. The normalized spacial score (nSPS) is 19.3. The molecular formula is C16H24FNO. The van der Waals surface area contributed by atoms with Gasteiger partial charge in [0.25, 0.3) is 0 Å². The smallest absolute Gasteiger partial charge is 0.133 e. The van der Waals surface area contributed by atoms with Gasteiger partial charge in [-0.25, -0.2) is 4.39 Å². The van der Waals surface area contributed by atoms with Crippen LogP contribution in [0.4, 0.5) is 4.39 Å². The third-order valence-electron chi connectivity index (χ3n) is 4.25. The van der Waals surface area contributed by atoms with Gasteiger partial charge < -0.3 is 10.8 Å². The molecule has 0 heterocycles. The molecule has 0 saturated heterocycles. The van der Waals surface area contributed by atoms with Crippen molar-refractivity contribution in [1.29, 1.82) is 0 Å². The van der Waals surface area contributed by atoms with Gasteiger partial charge in [0.2, 0.25) is 0 Å². The first kappa shape index (κ1) is 14.3. The highest BCUT2D eigenvalue weighted by Gasteiger charge is 2.23. The molecule has 1 aromatic carbocycles. The molecule has 106 valence electrons. The van der Waals surface area contributed by atoms with E-state index in [1.54, 1.807) is 6.07 Å². The summed E-state index contributed by atoms with van der Waals surface area (Å²) in [6.45, 7) is 4.53. The van der Waals surface area contributed by atoms with Gasteiger partial charge in [0.15, 0.2) is 0 Å². The van der Waals surface area contributed by atoms with E-state index in [1.807, 2.05) is 13.8 Å². The lowest BCUT2D eigenvalue weighted by Gasteiger charge is -2.16. The average Bonchev–Trinajstić information content (AvgIpc) is 2.52. The lowest BCUT2D eigenvalue weighted by atomic mass is 9.93. The Morgan fingerprint density at radius 3 is 2.68 bits per heavy atom. The summed E-state index contributed by atoms with van der Waals surface area (Å²) in [7, 11) is 0. The number of phenolic OH excluding ortho intramolecular Hbond substituents is 1. The molecule has 3 heteroatoms. The minimum absolute atomic E-state index is 0.00777. The number of fused-ring (bicyclic) bond motifs is 1. The number of hydrogen-bond acceptors (Lipinski definition) is 2. The number of halogens is 1. The summed E-state index contributed by atoms with van der Waals surface area (Å²) in [6.07, 6.45) is 4.68. The highest BCUT2D eigenvalue weighted by molar-refractivity contribution is 5.45. The molecular weight excluding hydrogens is 241 g/mol. The third-order valence-corrected chi connectivity index (χ3v) is 4.25. The topological polar surface area (TPSA) is 46.2 Å². The van der Waals surface area contributed by atoms with Crippen molar-refractivity contribution in [3.8, 4) is 5.75 Å². The minimum atomic E-state index is -0.182. The van der Waals surface area contributed by atoms with Crippen LogP contribution < -0.4 is 5.73 Å². The molecule has 0 amide bonds. The molecule has 2 nitrogen and oxygen atoms in total. The molecule has 1 atom stereocenters. The highest BCUT2D eigenvalue weighted by Crippen LogP contribution is 2.36. The molecule has 0 unspecified atom stereocenters. The Kier molecular flexibility index (Phi) is 4.46. The standard InChI is InChI=1S/C16H24FNO/c1-10(2)15-14(19)9-12-5-3-11(7-8-18)4-6-13(12)16(15)17/h9-11,19H,3-8,18H2,1-2H3/t11-/m1/s1. The molecule has 0 aromatic heterocycles. The Morgan fingerprint density at radius 1 is 1.37 bits per heavy atom. The predicted molar refractivity (Wildman–Crippen MR) is 76.0 cm³/mol. The van der Waals surface area contributed by atoms with E-state index in [4.69, 9.17) is 5.73 Å². The molecule has 0 aliphatic heterocycles. The summed E-state index contributed by atoms with van der Waals surface area (Å²) in [4.78, 5) is 0. The van der Waals surface area contributed by atoms with Crippen LogP contribution in [0.1, 0.15) is 55.7 Å². The largest absolute Gasteiger partial charge is 0.508 e. The fourth-order valence-corrected chi connectivity index (χ4v) is 3.17. The number of hydrogen-bond donors (Lipinski definition) is 2. The first-order valence-corrected chi connectivity index (χ1v) is 7.27. The van der Waals surface area contributed by atoms with Crippen molar-refractivity contribution in [3.05, 3.63) is 28.6 Å². The van der Waals surface area contributed by atoms with E-state index in [0.717, 1.165) is 43.2 Å². The van der Waals surface area contributed by atoms with Gasteiger partial charge in [-0.1, -0.05) is 13.8 Å². The molecule has 0 radical (unpaired) electrons. The van der Waals surface area contributed by atoms with Crippen LogP contribution in [0.15, 0.2) is 6.07 Å². The van der Waals surface area contributed by atoms with Crippen molar-refractivity contribution in [3.63, 3.8) is 0 Å². The molecule has 0 bridgehead atoms. The van der Waals surface area contributed by atoms with Gasteiger partial charge in [-0.3, -0.25) is 0 Å². The summed E-state index contributed by atoms with van der Waals surface area (Å²) < 4.78 is 14.6. The molecule has 2 rings (SSSR count). The summed E-state index contributed by atoms with van der Waals surface area (Å²) in [5, 5.41) is 10.0. The zero-order valence-corrected chi connectivity index (χ0v) is 11.9. The molecule has 1 aromatic rings. The van der Waals surface area contributed by atoms with Crippen LogP contribution in [0, 0.1) is 11.7 Å². The fraction of sp³-hybridized carbons (Fsp3) is 0.625. The maximum absolute atomic E-state index is 14.6. The van der Waals surface area contributed by atoms with Crippen molar-refractivity contribution < 1.29 is 9.50 Å². The summed E-state index contributed by atoms with van der Waals surface area (Å²) >= 11 is 0. The maximum atomic E-state index is 14.6. The van der Waals surface area contributed by atoms with E-state index >= 15 is 0 Å². The summed E-state index contributed by atoms with van der Waals surface area (Å²) in [6, 6.07) is 1.78. The van der Waals surface area contributed by atoms with Gasteiger partial charge in [-0.15, -0.1) is 0 Å². The maximum Gasteiger partial charge on any atom is 0.133 e. The van der Waals surface area contributed by atoms with E-state index in [0.29, 0.717) is 18.0 Å². The zero-order chi connectivity index (χ0) is 14.0. The number of nitrogens with two attached hydrogens (primary N) is 1. The molecule has 0 saturated carbocycles. The average molecular weight is 265 g/mol. The second-order valence-corrected chi connectivity index (χ2v) is 5.94. The monoisotopic (exact) mass is 265 g/mol. The van der Waals surface area contributed by atoms with Crippen LogP contribution in [0.2, 0.25) is 0 Å². The van der Waals surface area contributed by atoms with Gasteiger partial charge in [-0.05, 0) is 67.7 Å². The number of phenols is 1. The van der Waals surface area contributed by atoms with Crippen LogP contribution in [0.3, 0.4) is 0 Å². The van der Waals surface area contributed by atoms with Gasteiger partial charge in [-0.2, -0.15) is 0 Å². The molecule has 0 spiro atoms.